The van der Waals surface area contributed by atoms with Crippen LogP contribution in [0.3, 0.4) is 0 Å². The number of hydrogen-bond donors (Lipinski definition) is 0. The van der Waals surface area contributed by atoms with E-state index in [0.717, 1.165) is 97.0 Å². The van der Waals surface area contributed by atoms with Crippen LogP contribution >= 0.6 is 0 Å². The van der Waals surface area contributed by atoms with Crippen molar-refractivity contribution in [2.45, 2.75) is 107 Å². The van der Waals surface area contributed by atoms with Gasteiger partial charge in [0, 0.05) is 11.1 Å². The van der Waals surface area contributed by atoms with Crippen LogP contribution in [0.1, 0.15) is 110 Å². The summed E-state index contributed by atoms with van der Waals surface area (Å²) in [6.45, 7) is 18.1. The summed E-state index contributed by atoms with van der Waals surface area (Å²) in [6, 6.07) is 0. The summed E-state index contributed by atoms with van der Waals surface area (Å²) >= 11 is 0. The van der Waals surface area contributed by atoms with Crippen LogP contribution in [-0.2, 0) is 0 Å². The second-order valence-electron chi connectivity index (χ2n) is 10.7. The maximum Gasteiger partial charge on any atom is 2.00 e. The fraction of sp³-hybridized carbons (Fsp3) is 0.444. The van der Waals surface area contributed by atoms with Gasteiger partial charge in [-0.25, -0.2) is 20.0 Å². The molecule has 4 nitrogen and oxygen atoms in total. The monoisotopic (exact) mass is 558 g/mol. The van der Waals surface area contributed by atoms with Gasteiger partial charge < -0.3 is 2.85 Å². The molecule has 0 unspecified atom stereocenters. The van der Waals surface area contributed by atoms with Crippen molar-refractivity contribution in [1.82, 2.24) is 0 Å². The first-order valence-corrected chi connectivity index (χ1v) is 15.6. The smallest absolute Gasteiger partial charge is 1.00 e. The third kappa shape index (κ3) is 5.25. The summed E-state index contributed by atoms with van der Waals surface area (Å²) in [5, 5.41) is 0. The van der Waals surface area contributed by atoms with E-state index in [1.807, 2.05) is 0 Å². The summed E-state index contributed by atoms with van der Waals surface area (Å²) in [5.74, 6) is 0. The first-order valence-electron chi connectivity index (χ1n) is 15.6. The molecule has 5 rings (SSSR count). The van der Waals surface area contributed by atoms with Crippen molar-refractivity contribution in [1.29, 1.82) is 0 Å². The summed E-state index contributed by atoms with van der Waals surface area (Å²) in [4.78, 5) is 21.2. The molecule has 0 saturated heterocycles. The van der Waals surface area contributed by atoms with Gasteiger partial charge in [-0.15, -0.1) is 0 Å². The molecule has 8 bridgehead atoms. The molecule has 0 atom stereocenters. The molecular weight excluding hydrogens is 513 g/mol. The van der Waals surface area contributed by atoms with Gasteiger partial charge in [0.1, 0.15) is 0 Å². The molecule has 0 radical (unpaired) electrons. The minimum atomic E-state index is 0. The van der Waals surface area contributed by atoms with Gasteiger partial charge in [-0.1, -0.05) is 55.4 Å². The van der Waals surface area contributed by atoms with Gasteiger partial charge in [-0.2, -0.15) is 0 Å². The fourth-order valence-electron chi connectivity index (χ4n) is 6.92. The molecule has 0 saturated carbocycles. The Hall–Kier alpha value is -2.63. The largest absolute Gasteiger partial charge is 2.00 e. The maximum atomic E-state index is 5.54. The first-order chi connectivity index (χ1) is 19.5. The van der Waals surface area contributed by atoms with Crippen LogP contribution in [0.4, 0.5) is 0 Å². The zero-order valence-corrected chi connectivity index (χ0v) is 27.9. The zero-order chi connectivity index (χ0) is 28.6. The van der Waals surface area contributed by atoms with Crippen LogP contribution in [-0.4, -0.2) is 45.9 Å². The van der Waals surface area contributed by atoms with Gasteiger partial charge in [0.15, 0.2) is 0 Å². The first kappa shape index (κ1) is 31.3. The number of hydrogen-bond acceptors (Lipinski definition) is 4. The SMILES string of the molecule is CCC1=C(CC)C2=NC1=CC1=NC(=CC3=NC(=C(CC)C4=NC(=C2CC)C(CC)=C4CC)C(CC)=C3CC)C=C1.[H-].[H-].[Mg+2]. The molecule has 0 amide bonds. The number of allylic oxidation sites excluding steroid dienone is 12. The van der Waals surface area contributed by atoms with Gasteiger partial charge in [0.2, 0.25) is 0 Å². The van der Waals surface area contributed by atoms with E-state index in [2.05, 4.69) is 79.7 Å². The third-order valence-corrected chi connectivity index (χ3v) is 8.77. The molecule has 0 aromatic rings. The van der Waals surface area contributed by atoms with Crippen molar-refractivity contribution in [3.8, 4) is 0 Å². The molecule has 0 fully saturated rings. The zero-order valence-electron chi connectivity index (χ0n) is 28.5. The van der Waals surface area contributed by atoms with Crippen molar-refractivity contribution in [2.24, 2.45) is 20.0 Å². The number of nitrogens with zero attached hydrogens (tertiary/aromatic N) is 4. The Morgan fingerprint density at radius 1 is 0.463 bits per heavy atom. The van der Waals surface area contributed by atoms with E-state index in [1.54, 1.807) is 0 Å². The molecule has 0 aromatic carbocycles. The third-order valence-electron chi connectivity index (χ3n) is 8.77. The van der Waals surface area contributed by atoms with E-state index < -0.39 is 0 Å². The van der Waals surface area contributed by atoms with Gasteiger partial charge in [-0.3, -0.25) is 0 Å². The van der Waals surface area contributed by atoms with E-state index in [1.165, 1.54) is 44.6 Å². The van der Waals surface area contributed by atoms with Crippen LogP contribution in [0.15, 0.2) is 112 Å². The normalized spacial score (nSPS) is 20.1. The molecule has 0 spiro atoms. The Morgan fingerprint density at radius 2 is 0.951 bits per heavy atom. The van der Waals surface area contributed by atoms with Crippen molar-refractivity contribution >= 4 is 45.9 Å². The second-order valence-corrected chi connectivity index (χ2v) is 10.7. The van der Waals surface area contributed by atoms with Gasteiger partial charge in [-0.05, 0) is 109 Å². The van der Waals surface area contributed by atoms with Crippen LogP contribution < -0.4 is 0 Å². The molecule has 0 N–H and O–H groups in total. The van der Waals surface area contributed by atoms with Crippen LogP contribution in [0, 0.1) is 0 Å². The van der Waals surface area contributed by atoms with Crippen LogP contribution in [0.25, 0.3) is 0 Å². The molecule has 5 heteroatoms. The molecule has 212 valence electrons. The Balaban J connectivity index is 0.00000215. The summed E-state index contributed by atoms with van der Waals surface area (Å²) in [7, 11) is 0. The second kappa shape index (κ2) is 13.1. The summed E-state index contributed by atoms with van der Waals surface area (Å²) < 4.78 is 0. The van der Waals surface area contributed by atoms with E-state index in [4.69, 9.17) is 20.0 Å². The maximum absolute atomic E-state index is 5.54. The molecule has 0 aromatic heterocycles. The van der Waals surface area contributed by atoms with E-state index in [9.17, 15) is 0 Å². The molecule has 5 aliphatic rings. The molecule has 5 aliphatic heterocycles. The van der Waals surface area contributed by atoms with Crippen LogP contribution in [0.5, 0.6) is 0 Å². The average Bonchev–Trinajstić information content (AvgIpc) is 3.73. The van der Waals surface area contributed by atoms with Crippen LogP contribution in [0.2, 0.25) is 0 Å². The Morgan fingerprint density at radius 3 is 1.51 bits per heavy atom. The summed E-state index contributed by atoms with van der Waals surface area (Å²) in [6.07, 6.45) is 16.1. The Bertz CT molecular complexity index is 1550. The quantitative estimate of drug-likeness (QED) is 0.266. The standard InChI is InChI=1S/C36H44N4.Mg.2H/c1-9-23-25(11-3)33-29(15-7)35-27(13-5)28(14-6)36(40-35)30(16-8)34-26(12-4)24(10-2)32(39-34)20-22-18-17-21(37-22)19-31(23)38-33;;;/h17-20H,9-16H2,1-8H3;;;/q;+2;2*-1. The van der Waals surface area contributed by atoms with Crippen molar-refractivity contribution in [2.75, 3.05) is 0 Å². The minimum Gasteiger partial charge on any atom is -1.00 e. The predicted molar refractivity (Wildman–Crippen MR) is 180 cm³/mol. The van der Waals surface area contributed by atoms with E-state index in [-0.39, 0.29) is 25.9 Å². The van der Waals surface area contributed by atoms with E-state index >= 15 is 0 Å². The molecular formula is C36H46MgN4. The Labute approximate surface area is 266 Å². The average molecular weight is 559 g/mol. The predicted octanol–water partition coefficient (Wildman–Crippen LogP) is 9.66. The van der Waals surface area contributed by atoms with Gasteiger partial charge >= 0.3 is 23.1 Å². The minimum absolute atomic E-state index is 0. The number of fused-ring (bicyclic) bond motifs is 4. The molecule has 5 heterocycles. The van der Waals surface area contributed by atoms with Crippen molar-refractivity contribution in [3.63, 3.8) is 0 Å². The van der Waals surface area contributed by atoms with Gasteiger partial charge in [0.05, 0.1) is 45.6 Å². The van der Waals surface area contributed by atoms with Crippen molar-refractivity contribution in [3.05, 3.63) is 91.7 Å². The number of rotatable bonds is 8. The fourth-order valence-corrected chi connectivity index (χ4v) is 6.92. The molecule has 0 aliphatic carbocycles. The number of aliphatic imine (C=N–C) groups is 4. The molecule has 41 heavy (non-hydrogen) atoms. The Kier molecular flexibility index (Phi) is 10.0. The topological polar surface area (TPSA) is 49.4 Å². The van der Waals surface area contributed by atoms with E-state index in [0.29, 0.717) is 0 Å². The van der Waals surface area contributed by atoms with Crippen molar-refractivity contribution < 1.29 is 2.85 Å². The summed E-state index contributed by atoms with van der Waals surface area (Å²) in [5.41, 5.74) is 19.3. The van der Waals surface area contributed by atoms with Gasteiger partial charge in [0.25, 0.3) is 0 Å².